The number of rotatable bonds is 7. The fourth-order valence-electron chi connectivity index (χ4n) is 3.40. The van der Waals surface area contributed by atoms with Crippen LogP contribution in [-0.2, 0) is 6.54 Å². The van der Waals surface area contributed by atoms with E-state index in [1.807, 2.05) is 0 Å². The van der Waals surface area contributed by atoms with E-state index in [1.54, 1.807) is 24.5 Å². The second-order valence-corrected chi connectivity index (χ2v) is 6.88. The van der Waals surface area contributed by atoms with Crippen LogP contribution in [-0.4, -0.2) is 23.7 Å². The summed E-state index contributed by atoms with van der Waals surface area (Å²) in [5, 5.41) is 5.00. The van der Waals surface area contributed by atoms with E-state index in [9.17, 15) is 17.6 Å². The highest BCUT2D eigenvalue weighted by molar-refractivity contribution is 5.85. The van der Waals surface area contributed by atoms with E-state index in [1.165, 1.54) is 12.1 Å². The molecule has 1 aliphatic carbocycles. The van der Waals surface area contributed by atoms with Crippen molar-refractivity contribution >= 4 is 23.2 Å². The van der Waals surface area contributed by atoms with Gasteiger partial charge in [0.15, 0.2) is 11.6 Å². The van der Waals surface area contributed by atoms with E-state index >= 15 is 0 Å². The summed E-state index contributed by atoms with van der Waals surface area (Å²) in [5.74, 6) is -1.44. The second kappa shape index (κ2) is 9.49. The van der Waals surface area contributed by atoms with Crippen LogP contribution in [0, 0.1) is 11.6 Å². The number of aromatic nitrogens is 1. The second-order valence-electron chi connectivity index (χ2n) is 6.88. The van der Waals surface area contributed by atoms with E-state index in [0.717, 1.165) is 22.9 Å². The molecule has 2 aromatic carbocycles. The van der Waals surface area contributed by atoms with Crippen LogP contribution in [0.5, 0.6) is 11.5 Å². The Morgan fingerprint density at radius 3 is 2.60 bits per heavy atom. The Balaban J connectivity index is 0.00000256. The highest BCUT2D eigenvalue weighted by Crippen LogP contribution is 2.31. The van der Waals surface area contributed by atoms with Gasteiger partial charge in [-0.2, -0.15) is 8.78 Å². The van der Waals surface area contributed by atoms with E-state index in [4.69, 9.17) is 4.74 Å². The maximum atomic E-state index is 14.2. The minimum absolute atomic E-state index is 0. The lowest BCUT2D eigenvalue weighted by Crippen LogP contribution is -2.46. The van der Waals surface area contributed by atoms with Gasteiger partial charge in [-0.15, -0.1) is 12.4 Å². The normalized spacial score (nSPS) is 18.0. The van der Waals surface area contributed by atoms with Gasteiger partial charge in [0.05, 0.1) is 0 Å². The number of hydrogen-bond donors (Lipinski definition) is 1. The summed E-state index contributed by atoms with van der Waals surface area (Å²) in [6.45, 7) is -2.74. The molecule has 3 aromatic rings. The summed E-state index contributed by atoms with van der Waals surface area (Å²) < 4.78 is 62.1. The standard InChI is InChI=1S/C21H18F4N2O2.ClH/c22-18-3-1-12-10-26-6-5-16(12)17(18)11-27-13-7-15(8-13)28-14-2-4-19(23)20(9-14)29-21(24)25;/h1-6,9-10,13,15,21,27H,7-8,11H2;1H. The smallest absolute Gasteiger partial charge is 0.387 e. The summed E-state index contributed by atoms with van der Waals surface area (Å²) in [6, 6.07) is 8.56. The largest absolute Gasteiger partial charge is 0.490 e. The summed E-state index contributed by atoms with van der Waals surface area (Å²) in [5.41, 5.74) is 0.585. The van der Waals surface area contributed by atoms with Crippen molar-refractivity contribution < 1.29 is 27.0 Å². The van der Waals surface area contributed by atoms with E-state index in [-0.39, 0.29) is 36.1 Å². The first-order valence-corrected chi connectivity index (χ1v) is 9.15. The van der Waals surface area contributed by atoms with Crippen molar-refractivity contribution in [3.8, 4) is 11.5 Å². The number of fused-ring (bicyclic) bond motifs is 1. The van der Waals surface area contributed by atoms with Gasteiger partial charge < -0.3 is 14.8 Å². The maximum absolute atomic E-state index is 14.2. The third-order valence-electron chi connectivity index (χ3n) is 4.96. The van der Waals surface area contributed by atoms with Crippen LogP contribution < -0.4 is 14.8 Å². The van der Waals surface area contributed by atoms with Crippen LogP contribution in [0.2, 0.25) is 0 Å². The molecule has 160 valence electrons. The number of benzene rings is 2. The molecule has 0 radical (unpaired) electrons. The van der Waals surface area contributed by atoms with E-state index < -0.39 is 18.2 Å². The molecule has 1 aliphatic rings. The zero-order valence-corrected chi connectivity index (χ0v) is 16.5. The topological polar surface area (TPSA) is 43.4 Å². The van der Waals surface area contributed by atoms with Gasteiger partial charge in [0.2, 0.25) is 0 Å². The monoisotopic (exact) mass is 442 g/mol. The first-order chi connectivity index (χ1) is 14.0. The van der Waals surface area contributed by atoms with E-state index in [0.29, 0.717) is 24.9 Å². The molecule has 30 heavy (non-hydrogen) atoms. The number of halogens is 5. The predicted octanol–water partition coefficient (Wildman–Crippen LogP) is 5.24. The summed E-state index contributed by atoms with van der Waals surface area (Å²) >= 11 is 0. The molecular formula is C21H19ClF4N2O2. The highest BCUT2D eigenvalue weighted by atomic mass is 35.5. The Morgan fingerprint density at radius 2 is 1.83 bits per heavy atom. The molecule has 1 heterocycles. The van der Waals surface area contributed by atoms with Crippen LogP contribution in [0.1, 0.15) is 18.4 Å². The van der Waals surface area contributed by atoms with Crippen molar-refractivity contribution in [3.63, 3.8) is 0 Å². The first-order valence-electron chi connectivity index (χ1n) is 9.15. The fourth-order valence-corrected chi connectivity index (χ4v) is 3.40. The average molecular weight is 443 g/mol. The maximum Gasteiger partial charge on any atom is 0.387 e. The van der Waals surface area contributed by atoms with E-state index in [2.05, 4.69) is 15.0 Å². The molecule has 1 aromatic heterocycles. The molecule has 4 nitrogen and oxygen atoms in total. The highest BCUT2D eigenvalue weighted by Gasteiger charge is 2.31. The van der Waals surface area contributed by atoms with Gasteiger partial charge in [-0.25, -0.2) is 8.78 Å². The van der Waals surface area contributed by atoms with Gasteiger partial charge in [0, 0.05) is 42.0 Å². The molecule has 0 saturated heterocycles. The zero-order chi connectivity index (χ0) is 20.4. The molecule has 0 amide bonds. The minimum Gasteiger partial charge on any atom is -0.490 e. The lowest BCUT2D eigenvalue weighted by molar-refractivity contribution is -0.0524. The number of nitrogens with one attached hydrogen (secondary N) is 1. The van der Waals surface area contributed by atoms with Gasteiger partial charge in [0.25, 0.3) is 0 Å². The molecule has 0 atom stereocenters. The SMILES string of the molecule is Cl.Fc1ccc(OC2CC(NCc3c(F)ccc4cnccc34)C2)cc1OC(F)F. The Labute approximate surface area is 176 Å². The summed E-state index contributed by atoms with van der Waals surface area (Å²) in [6.07, 6.45) is 4.51. The first kappa shape index (κ1) is 22.1. The predicted molar refractivity (Wildman–Crippen MR) is 106 cm³/mol. The molecule has 1 saturated carbocycles. The average Bonchev–Trinajstić information content (AvgIpc) is 2.66. The molecule has 0 unspecified atom stereocenters. The van der Waals surface area contributed by atoms with Crippen molar-refractivity contribution in [3.05, 3.63) is 66.0 Å². The van der Waals surface area contributed by atoms with Crippen LogP contribution in [0.4, 0.5) is 17.6 Å². The Morgan fingerprint density at radius 1 is 1.07 bits per heavy atom. The molecule has 0 spiro atoms. The van der Waals surface area contributed by atoms with Crippen molar-refractivity contribution in [2.75, 3.05) is 0 Å². The molecule has 4 rings (SSSR count). The zero-order valence-electron chi connectivity index (χ0n) is 15.7. The van der Waals surface area contributed by atoms with Gasteiger partial charge in [-0.1, -0.05) is 0 Å². The van der Waals surface area contributed by atoms with Crippen LogP contribution in [0.25, 0.3) is 10.8 Å². The van der Waals surface area contributed by atoms with Crippen molar-refractivity contribution in [1.29, 1.82) is 0 Å². The number of pyridine rings is 1. The minimum atomic E-state index is -3.11. The van der Waals surface area contributed by atoms with Crippen molar-refractivity contribution in [2.45, 2.75) is 38.1 Å². The van der Waals surface area contributed by atoms with Crippen molar-refractivity contribution in [2.24, 2.45) is 0 Å². The number of alkyl halides is 2. The van der Waals surface area contributed by atoms with Gasteiger partial charge in [0.1, 0.15) is 17.7 Å². The third kappa shape index (κ3) is 4.94. The molecule has 9 heteroatoms. The lowest BCUT2D eigenvalue weighted by atomic mass is 9.89. The van der Waals surface area contributed by atoms with Gasteiger partial charge in [-0.3, -0.25) is 4.98 Å². The molecule has 0 aliphatic heterocycles. The molecule has 1 N–H and O–H groups in total. The Bertz CT molecular complexity index is 1020. The van der Waals surface area contributed by atoms with Crippen molar-refractivity contribution in [1.82, 2.24) is 10.3 Å². The Kier molecular flexibility index (Phi) is 6.99. The van der Waals surface area contributed by atoms with Gasteiger partial charge in [-0.05, 0) is 48.6 Å². The molecular weight excluding hydrogens is 424 g/mol. The lowest BCUT2D eigenvalue weighted by Gasteiger charge is -2.36. The van der Waals surface area contributed by atoms with Crippen LogP contribution >= 0.6 is 12.4 Å². The number of hydrogen-bond acceptors (Lipinski definition) is 4. The quantitative estimate of drug-likeness (QED) is 0.508. The summed E-state index contributed by atoms with van der Waals surface area (Å²) in [4.78, 5) is 4.05. The number of ether oxygens (including phenoxy) is 2. The third-order valence-corrected chi connectivity index (χ3v) is 4.96. The molecule has 1 fully saturated rings. The summed E-state index contributed by atoms with van der Waals surface area (Å²) in [7, 11) is 0. The van der Waals surface area contributed by atoms with Crippen LogP contribution in [0.15, 0.2) is 48.8 Å². The van der Waals surface area contributed by atoms with Crippen LogP contribution in [0.3, 0.4) is 0 Å². The molecule has 0 bridgehead atoms. The fraction of sp³-hybridized carbons (Fsp3) is 0.286. The number of nitrogens with zero attached hydrogens (tertiary/aromatic N) is 1. The van der Waals surface area contributed by atoms with Gasteiger partial charge >= 0.3 is 6.61 Å². The Hall–Kier alpha value is -2.58.